The summed E-state index contributed by atoms with van der Waals surface area (Å²) in [5, 5.41) is 12.9. The highest BCUT2D eigenvalue weighted by Gasteiger charge is 2.27. The maximum Gasteiger partial charge on any atom is 0.253 e. The molecule has 0 aliphatic heterocycles. The Hall–Kier alpha value is -0.770. The second-order valence-corrected chi connectivity index (χ2v) is 5.53. The lowest BCUT2D eigenvalue weighted by molar-refractivity contribution is -0.121. The molecule has 2 atom stereocenters. The van der Waals surface area contributed by atoms with E-state index in [9.17, 15) is 9.90 Å². The van der Waals surface area contributed by atoms with Crippen LogP contribution in [0.3, 0.4) is 0 Å². The molecule has 1 amide bonds. The molecule has 0 radical (unpaired) electrons. The SMILES string of the molecule is CC(C)C(NC(=O)C(Cl)Cl)C(O)c1ccccc1. The minimum Gasteiger partial charge on any atom is -0.386 e. The van der Waals surface area contributed by atoms with Gasteiger partial charge < -0.3 is 10.4 Å². The standard InChI is InChI=1S/C13H17Cl2NO2/c1-8(2)10(16-13(18)12(14)15)11(17)9-6-4-3-5-7-9/h3-8,10-12,17H,1-2H3,(H,16,18). The fourth-order valence-corrected chi connectivity index (χ4v) is 1.82. The number of alkyl halides is 2. The van der Waals surface area contributed by atoms with E-state index in [1.165, 1.54) is 0 Å². The maximum atomic E-state index is 11.5. The van der Waals surface area contributed by atoms with Crippen LogP contribution in [-0.2, 0) is 4.79 Å². The van der Waals surface area contributed by atoms with Crippen LogP contribution in [0.5, 0.6) is 0 Å². The normalized spacial score (nSPS) is 14.6. The Morgan fingerprint density at radius 1 is 1.22 bits per heavy atom. The molecule has 18 heavy (non-hydrogen) atoms. The van der Waals surface area contributed by atoms with Crippen LogP contribution < -0.4 is 5.32 Å². The molecule has 1 aromatic carbocycles. The molecule has 1 aromatic rings. The number of benzene rings is 1. The molecule has 0 fully saturated rings. The van der Waals surface area contributed by atoms with Crippen LogP contribution in [0.1, 0.15) is 25.5 Å². The van der Waals surface area contributed by atoms with Gasteiger partial charge in [-0.25, -0.2) is 0 Å². The molecule has 0 spiro atoms. The first-order chi connectivity index (χ1) is 8.43. The Morgan fingerprint density at radius 2 is 1.78 bits per heavy atom. The Morgan fingerprint density at radius 3 is 2.22 bits per heavy atom. The molecule has 2 unspecified atom stereocenters. The van der Waals surface area contributed by atoms with Crippen molar-refractivity contribution in [1.82, 2.24) is 5.32 Å². The van der Waals surface area contributed by atoms with Crippen LogP contribution in [0.2, 0.25) is 0 Å². The highest BCUT2D eigenvalue weighted by molar-refractivity contribution is 6.53. The van der Waals surface area contributed by atoms with Gasteiger partial charge >= 0.3 is 0 Å². The molecule has 0 saturated heterocycles. The van der Waals surface area contributed by atoms with Gasteiger partial charge in [0.25, 0.3) is 5.91 Å². The van der Waals surface area contributed by atoms with Crippen molar-refractivity contribution in [3.63, 3.8) is 0 Å². The van der Waals surface area contributed by atoms with E-state index >= 15 is 0 Å². The van der Waals surface area contributed by atoms with Crippen molar-refractivity contribution in [1.29, 1.82) is 0 Å². The molecule has 0 heterocycles. The van der Waals surface area contributed by atoms with Crippen LogP contribution in [0.4, 0.5) is 0 Å². The van der Waals surface area contributed by atoms with Crippen molar-refractivity contribution in [2.45, 2.75) is 30.8 Å². The predicted molar refractivity (Wildman–Crippen MR) is 73.7 cm³/mol. The van der Waals surface area contributed by atoms with Crippen molar-refractivity contribution < 1.29 is 9.90 Å². The molecule has 0 saturated carbocycles. The van der Waals surface area contributed by atoms with Crippen molar-refractivity contribution >= 4 is 29.1 Å². The summed E-state index contributed by atoms with van der Waals surface area (Å²) in [7, 11) is 0. The van der Waals surface area contributed by atoms with E-state index in [0.717, 1.165) is 5.56 Å². The van der Waals surface area contributed by atoms with Gasteiger partial charge in [-0.15, -0.1) is 0 Å². The van der Waals surface area contributed by atoms with Crippen LogP contribution in [-0.4, -0.2) is 21.9 Å². The van der Waals surface area contributed by atoms with Gasteiger partial charge in [0.05, 0.1) is 12.1 Å². The van der Waals surface area contributed by atoms with Crippen molar-refractivity contribution in [2.24, 2.45) is 5.92 Å². The summed E-state index contributed by atoms with van der Waals surface area (Å²) in [4.78, 5) is 10.4. The number of amides is 1. The van der Waals surface area contributed by atoms with Crippen LogP contribution in [0.15, 0.2) is 30.3 Å². The summed E-state index contributed by atoms with van der Waals surface area (Å²) < 4.78 is 0. The van der Waals surface area contributed by atoms with E-state index in [1.54, 1.807) is 0 Å². The summed E-state index contributed by atoms with van der Waals surface area (Å²) in [6, 6.07) is 8.73. The number of rotatable bonds is 5. The van der Waals surface area contributed by atoms with Gasteiger partial charge in [-0.05, 0) is 11.5 Å². The van der Waals surface area contributed by atoms with E-state index in [4.69, 9.17) is 23.2 Å². The van der Waals surface area contributed by atoms with E-state index < -0.39 is 22.9 Å². The Balaban J connectivity index is 2.82. The Bertz CT molecular complexity index is 382. The summed E-state index contributed by atoms with van der Waals surface area (Å²) in [5.74, 6) is -0.441. The van der Waals surface area contributed by atoms with E-state index in [1.807, 2.05) is 44.2 Å². The highest BCUT2D eigenvalue weighted by atomic mass is 35.5. The molecular weight excluding hydrogens is 273 g/mol. The van der Waals surface area contributed by atoms with Crippen molar-refractivity contribution in [3.8, 4) is 0 Å². The zero-order valence-corrected chi connectivity index (χ0v) is 11.8. The monoisotopic (exact) mass is 289 g/mol. The van der Waals surface area contributed by atoms with Gasteiger partial charge in [0.15, 0.2) is 4.84 Å². The van der Waals surface area contributed by atoms with Gasteiger partial charge in [-0.2, -0.15) is 0 Å². The number of aliphatic hydroxyl groups is 1. The largest absolute Gasteiger partial charge is 0.386 e. The third-order valence-corrected chi connectivity index (χ3v) is 3.10. The minimum atomic E-state index is -1.13. The molecule has 0 bridgehead atoms. The Kier molecular flexibility index (Phi) is 5.93. The van der Waals surface area contributed by atoms with Crippen LogP contribution >= 0.6 is 23.2 Å². The first kappa shape index (κ1) is 15.3. The predicted octanol–water partition coefficient (Wildman–Crippen LogP) is 2.66. The molecule has 5 heteroatoms. The lowest BCUT2D eigenvalue weighted by Crippen LogP contribution is -2.44. The fourth-order valence-electron chi connectivity index (χ4n) is 1.69. The number of aliphatic hydroxyl groups excluding tert-OH is 1. The quantitative estimate of drug-likeness (QED) is 0.819. The lowest BCUT2D eigenvalue weighted by Gasteiger charge is -2.28. The maximum absolute atomic E-state index is 11.5. The zero-order valence-electron chi connectivity index (χ0n) is 10.3. The van der Waals surface area contributed by atoms with E-state index in [0.29, 0.717) is 0 Å². The minimum absolute atomic E-state index is 0.0521. The lowest BCUT2D eigenvalue weighted by atomic mass is 9.93. The summed E-state index contributed by atoms with van der Waals surface area (Å²) >= 11 is 11.0. The number of carbonyl (C=O) groups excluding carboxylic acids is 1. The number of hydrogen-bond donors (Lipinski definition) is 2. The number of hydrogen-bond acceptors (Lipinski definition) is 2. The second-order valence-electron chi connectivity index (χ2n) is 4.43. The molecule has 0 aromatic heterocycles. The molecule has 0 aliphatic carbocycles. The molecule has 2 N–H and O–H groups in total. The first-order valence-corrected chi connectivity index (χ1v) is 6.62. The Labute approximate surface area is 117 Å². The first-order valence-electron chi connectivity index (χ1n) is 5.75. The van der Waals surface area contributed by atoms with Crippen LogP contribution in [0, 0.1) is 5.92 Å². The molecule has 1 rings (SSSR count). The van der Waals surface area contributed by atoms with Gasteiger partial charge in [0.2, 0.25) is 0 Å². The van der Waals surface area contributed by atoms with Crippen LogP contribution in [0.25, 0.3) is 0 Å². The van der Waals surface area contributed by atoms with Crippen molar-refractivity contribution in [3.05, 3.63) is 35.9 Å². The van der Waals surface area contributed by atoms with Gasteiger partial charge in [0.1, 0.15) is 0 Å². The molecule has 3 nitrogen and oxygen atoms in total. The number of nitrogens with one attached hydrogen (secondary N) is 1. The van der Waals surface area contributed by atoms with Crippen molar-refractivity contribution in [2.75, 3.05) is 0 Å². The van der Waals surface area contributed by atoms with Gasteiger partial charge in [-0.3, -0.25) is 4.79 Å². The van der Waals surface area contributed by atoms with E-state index in [2.05, 4.69) is 5.32 Å². The molecule has 100 valence electrons. The third kappa shape index (κ3) is 4.16. The topological polar surface area (TPSA) is 49.3 Å². The summed E-state index contributed by atoms with van der Waals surface area (Å²) in [5.41, 5.74) is 0.747. The van der Waals surface area contributed by atoms with Gasteiger partial charge in [-0.1, -0.05) is 67.4 Å². The summed E-state index contributed by atoms with van der Waals surface area (Å²) in [6.07, 6.45) is -0.790. The zero-order chi connectivity index (χ0) is 13.7. The number of halogens is 2. The van der Waals surface area contributed by atoms with E-state index in [-0.39, 0.29) is 5.92 Å². The smallest absolute Gasteiger partial charge is 0.253 e. The van der Waals surface area contributed by atoms with Gasteiger partial charge in [0, 0.05) is 0 Å². The second kappa shape index (κ2) is 6.98. The number of carbonyl (C=O) groups is 1. The third-order valence-electron chi connectivity index (χ3n) is 2.71. The molecular formula is C13H17Cl2NO2. The molecule has 0 aliphatic rings. The fraction of sp³-hybridized carbons (Fsp3) is 0.462. The summed E-state index contributed by atoms with van der Waals surface area (Å²) in [6.45, 7) is 3.82. The average Bonchev–Trinajstić information content (AvgIpc) is 2.35. The highest BCUT2D eigenvalue weighted by Crippen LogP contribution is 2.22. The average molecular weight is 290 g/mol.